The fourth-order valence-corrected chi connectivity index (χ4v) is 3.15. The van der Waals surface area contributed by atoms with Crippen LogP contribution in [0.4, 0.5) is 0 Å². The number of benzene rings is 1. The molecule has 2 N–H and O–H groups in total. The third-order valence-corrected chi connectivity index (χ3v) is 4.55. The van der Waals surface area contributed by atoms with E-state index in [1.807, 2.05) is 23.9 Å². The molecule has 0 aliphatic heterocycles. The first-order valence-electron chi connectivity index (χ1n) is 4.89. The van der Waals surface area contributed by atoms with E-state index in [9.17, 15) is 0 Å². The van der Waals surface area contributed by atoms with Crippen molar-refractivity contribution < 1.29 is 0 Å². The molecule has 0 spiro atoms. The summed E-state index contributed by atoms with van der Waals surface area (Å²) in [5, 5.41) is 0.796. The molecule has 1 aromatic rings. The lowest BCUT2D eigenvalue weighted by atomic mass is 9.84. The minimum absolute atomic E-state index is 0.313. The molecule has 1 aromatic carbocycles. The highest BCUT2D eigenvalue weighted by molar-refractivity contribution is 8.00. The van der Waals surface area contributed by atoms with E-state index in [4.69, 9.17) is 17.3 Å². The van der Waals surface area contributed by atoms with Gasteiger partial charge in [-0.3, -0.25) is 0 Å². The lowest BCUT2D eigenvalue weighted by molar-refractivity contribution is 0.371. The smallest absolute Gasteiger partial charge is 0.0406 e. The van der Waals surface area contributed by atoms with Gasteiger partial charge in [0, 0.05) is 21.2 Å². The third-order valence-electron chi connectivity index (χ3n) is 2.78. The van der Waals surface area contributed by atoms with Gasteiger partial charge in [-0.2, -0.15) is 0 Å². The standard InChI is InChI=1S/C11H14ClNS/c12-9-2-4-10(5-3-9)14-11(8-13)6-1-7-11/h2-5H,1,6-8,13H2. The van der Waals surface area contributed by atoms with Gasteiger partial charge in [0.05, 0.1) is 0 Å². The molecule has 0 bridgehead atoms. The molecule has 14 heavy (non-hydrogen) atoms. The number of rotatable bonds is 3. The number of nitrogens with two attached hydrogens (primary N) is 1. The molecule has 0 atom stereocenters. The average molecular weight is 228 g/mol. The molecule has 2 rings (SSSR count). The van der Waals surface area contributed by atoms with Crippen molar-refractivity contribution in [3.05, 3.63) is 29.3 Å². The van der Waals surface area contributed by atoms with Gasteiger partial charge in [-0.05, 0) is 37.1 Å². The van der Waals surface area contributed by atoms with Crippen LogP contribution < -0.4 is 5.73 Å². The molecule has 0 unspecified atom stereocenters. The number of thioether (sulfide) groups is 1. The number of hydrogen-bond donors (Lipinski definition) is 1. The van der Waals surface area contributed by atoms with Crippen LogP contribution in [0, 0.1) is 0 Å². The summed E-state index contributed by atoms with van der Waals surface area (Å²) < 4.78 is 0.313. The Balaban J connectivity index is 2.06. The van der Waals surface area contributed by atoms with E-state index in [0.29, 0.717) is 4.75 Å². The van der Waals surface area contributed by atoms with Crippen molar-refractivity contribution in [3.63, 3.8) is 0 Å². The Kier molecular flexibility index (Phi) is 3.05. The first-order chi connectivity index (χ1) is 6.74. The summed E-state index contributed by atoms with van der Waals surface area (Å²) in [5.74, 6) is 0. The van der Waals surface area contributed by atoms with Crippen LogP contribution >= 0.6 is 23.4 Å². The average Bonchev–Trinajstić information content (AvgIpc) is 2.15. The molecule has 1 aliphatic carbocycles. The largest absolute Gasteiger partial charge is 0.329 e. The quantitative estimate of drug-likeness (QED) is 0.858. The summed E-state index contributed by atoms with van der Waals surface area (Å²) >= 11 is 7.73. The Bertz CT molecular complexity index is 300. The van der Waals surface area contributed by atoms with Gasteiger partial charge in [0.1, 0.15) is 0 Å². The minimum Gasteiger partial charge on any atom is -0.329 e. The van der Waals surface area contributed by atoms with E-state index in [-0.39, 0.29) is 0 Å². The van der Waals surface area contributed by atoms with Gasteiger partial charge in [-0.15, -0.1) is 11.8 Å². The van der Waals surface area contributed by atoms with Crippen molar-refractivity contribution in [1.29, 1.82) is 0 Å². The second-order valence-electron chi connectivity index (χ2n) is 3.80. The third kappa shape index (κ3) is 2.08. The normalized spacial score (nSPS) is 19.0. The monoisotopic (exact) mass is 227 g/mol. The Hall–Kier alpha value is -0.180. The molecular weight excluding hydrogens is 214 g/mol. The summed E-state index contributed by atoms with van der Waals surface area (Å²) in [6.07, 6.45) is 3.81. The van der Waals surface area contributed by atoms with Crippen molar-refractivity contribution in [1.82, 2.24) is 0 Å². The summed E-state index contributed by atoms with van der Waals surface area (Å²) in [6.45, 7) is 0.778. The Morgan fingerprint density at radius 1 is 1.29 bits per heavy atom. The van der Waals surface area contributed by atoms with Crippen molar-refractivity contribution in [2.75, 3.05) is 6.54 Å². The molecule has 0 heterocycles. The van der Waals surface area contributed by atoms with E-state index < -0.39 is 0 Å². The highest BCUT2D eigenvalue weighted by Crippen LogP contribution is 2.46. The topological polar surface area (TPSA) is 26.0 Å². The van der Waals surface area contributed by atoms with Crippen LogP contribution in [-0.2, 0) is 0 Å². The van der Waals surface area contributed by atoms with Gasteiger partial charge < -0.3 is 5.73 Å². The van der Waals surface area contributed by atoms with Crippen molar-refractivity contribution in [2.24, 2.45) is 5.73 Å². The molecular formula is C11H14ClNS. The van der Waals surface area contributed by atoms with Gasteiger partial charge >= 0.3 is 0 Å². The zero-order valence-electron chi connectivity index (χ0n) is 8.00. The predicted molar refractivity (Wildman–Crippen MR) is 62.9 cm³/mol. The SMILES string of the molecule is NCC1(Sc2ccc(Cl)cc2)CCC1. The molecule has 0 saturated heterocycles. The number of hydrogen-bond acceptors (Lipinski definition) is 2. The van der Waals surface area contributed by atoms with Crippen molar-refractivity contribution >= 4 is 23.4 Å². The summed E-state index contributed by atoms with van der Waals surface area (Å²) in [7, 11) is 0. The fraction of sp³-hybridized carbons (Fsp3) is 0.455. The van der Waals surface area contributed by atoms with Crippen molar-refractivity contribution in [3.8, 4) is 0 Å². The van der Waals surface area contributed by atoms with E-state index in [1.54, 1.807) is 0 Å². The zero-order valence-corrected chi connectivity index (χ0v) is 9.57. The molecule has 0 radical (unpaired) electrons. The van der Waals surface area contributed by atoms with Crippen LogP contribution in [0.1, 0.15) is 19.3 Å². The highest BCUT2D eigenvalue weighted by Gasteiger charge is 2.36. The lowest BCUT2D eigenvalue weighted by Gasteiger charge is -2.40. The van der Waals surface area contributed by atoms with Gasteiger partial charge in [0.15, 0.2) is 0 Å². The molecule has 1 nitrogen and oxygen atoms in total. The Morgan fingerprint density at radius 2 is 1.93 bits per heavy atom. The fourth-order valence-electron chi connectivity index (χ4n) is 1.67. The summed E-state index contributed by atoms with van der Waals surface area (Å²) in [5.41, 5.74) is 5.80. The first-order valence-corrected chi connectivity index (χ1v) is 6.08. The lowest BCUT2D eigenvalue weighted by Crippen LogP contribution is -2.40. The molecule has 3 heteroatoms. The Morgan fingerprint density at radius 3 is 2.36 bits per heavy atom. The second-order valence-corrected chi connectivity index (χ2v) is 5.77. The first kappa shape index (κ1) is 10.3. The molecule has 1 saturated carbocycles. The van der Waals surface area contributed by atoms with E-state index in [2.05, 4.69) is 12.1 Å². The number of halogens is 1. The van der Waals surface area contributed by atoms with Crippen LogP contribution in [0.5, 0.6) is 0 Å². The molecule has 1 aliphatic rings. The predicted octanol–water partition coefficient (Wildman–Crippen LogP) is 3.31. The molecule has 1 fully saturated rings. The minimum atomic E-state index is 0.313. The maximum Gasteiger partial charge on any atom is 0.0406 e. The maximum absolute atomic E-state index is 5.83. The van der Waals surface area contributed by atoms with E-state index in [1.165, 1.54) is 24.2 Å². The van der Waals surface area contributed by atoms with Crippen LogP contribution in [0.25, 0.3) is 0 Å². The van der Waals surface area contributed by atoms with Crippen LogP contribution in [0.15, 0.2) is 29.2 Å². The van der Waals surface area contributed by atoms with Crippen LogP contribution in [0.3, 0.4) is 0 Å². The summed E-state index contributed by atoms with van der Waals surface area (Å²) in [6, 6.07) is 8.02. The highest BCUT2D eigenvalue weighted by atomic mass is 35.5. The molecule has 76 valence electrons. The second kappa shape index (κ2) is 4.13. The molecule has 0 amide bonds. The van der Waals surface area contributed by atoms with Crippen LogP contribution in [0.2, 0.25) is 5.02 Å². The van der Waals surface area contributed by atoms with Crippen LogP contribution in [-0.4, -0.2) is 11.3 Å². The van der Waals surface area contributed by atoms with Gasteiger partial charge in [0.2, 0.25) is 0 Å². The maximum atomic E-state index is 5.83. The van der Waals surface area contributed by atoms with E-state index in [0.717, 1.165) is 11.6 Å². The van der Waals surface area contributed by atoms with E-state index >= 15 is 0 Å². The van der Waals surface area contributed by atoms with Gasteiger partial charge in [-0.25, -0.2) is 0 Å². The van der Waals surface area contributed by atoms with Gasteiger partial charge in [0.25, 0.3) is 0 Å². The van der Waals surface area contributed by atoms with Crippen molar-refractivity contribution in [2.45, 2.75) is 28.9 Å². The van der Waals surface area contributed by atoms with Gasteiger partial charge in [-0.1, -0.05) is 18.0 Å². The zero-order chi connectivity index (χ0) is 10.0. The molecule has 0 aromatic heterocycles. The Labute approximate surface area is 94.0 Å². The summed E-state index contributed by atoms with van der Waals surface area (Å²) in [4.78, 5) is 1.28.